The highest BCUT2D eigenvalue weighted by atomic mass is 15.2. The van der Waals surface area contributed by atoms with Gasteiger partial charge in [-0.3, -0.25) is 0 Å². The van der Waals surface area contributed by atoms with Gasteiger partial charge in [0.25, 0.3) is 0 Å². The zero-order chi connectivity index (χ0) is 19.9. The average molecular weight is 388 g/mol. The molecular weight excluding hydrogens is 358 g/mol. The van der Waals surface area contributed by atoms with Gasteiger partial charge in [0, 0.05) is 19.1 Å². The highest BCUT2D eigenvalue weighted by molar-refractivity contribution is 5.75. The summed E-state index contributed by atoms with van der Waals surface area (Å²) < 4.78 is 0. The van der Waals surface area contributed by atoms with Gasteiger partial charge in [-0.2, -0.15) is 0 Å². The summed E-state index contributed by atoms with van der Waals surface area (Å²) in [7, 11) is 0. The predicted octanol–water partition coefficient (Wildman–Crippen LogP) is 5.01. The first-order valence-electron chi connectivity index (χ1n) is 10.5. The number of nitrogen functional groups attached to an aromatic ring is 1. The minimum absolute atomic E-state index is 0.450. The van der Waals surface area contributed by atoms with E-state index in [0.717, 1.165) is 24.7 Å². The van der Waals surface area contributed by atoms with Gasteiger partial charge in [0.05, 0.1) is 0 Å². The number of nitrogens with one attached hydrogen (secondary N) is 1. The van der Waals surface area contributed by atoms with E-state index in [1.807, 2.05) is 12.1 Å². The molecule has 0 saturated heterocycles. The van der Waals surface area contributed by atoms with Crippen LogP contribution >= 0.6 is 0 Å². The molecule has 1 aliphatic rings. The molecule has 4 rings (SSSR count). The van der Waals surface area contributed by atoms with Crippen LogP contribution in [0.5, 0.6) is 0 Å². The van der Waals surface area contributed by atoms with Gasteiger partial charge in [0.1, 0.15) is 12.0 Å². The standard InChI is InChI=1S/C24H29N5/c25-22-23(28-21-14-8-3-9-15-21)26-18-27-24(22)29(16-19-10-4-1-5-11-19)17-20-12-6-2-7-13-20/h1-2,4-7,10-13,18,21H,3,8-9,14-17,25H2,(H,26,27,28). The fourth-order valence-electron chi connectivity index (χ4n) is 4.01. The van der Waals surface area contributed by atoms with E-state index >= 15 is 0 Å². The number of rotatable bonds is 7. The quantitative estimate of drug-likeness (QED) is 0.596. The first-order chi connectivity index (χ1) is 14.3. The first kappa shape index (κ1) is 19.2. The average Bonchev–Trinajstić information content (AvgIpc) is 2.77. The molecule has 1 aromatic heterocycles. The van der Waals surface area contributed by atoms with Crippen molar-refractivity contribution in [2.45, 2.75) is 51.2 Å². The lowest BCUT2D eigenvalue weighted by Gasteiger charge is -2.28. The van der Waals surface area contributed by atoms with Crippen LogP contribution in [0.25, 0.3) is 0 Å². The molecule has 5 heteroatoms. The number of anilines is 3. The Morgan fingerprint density at radius 2 is 1.41 bits per heavy atom. The van der Waals surface area contributed by atoms with Crippen molar-refractivity contribution in [3.8, 4) is 0 Å². The Morgan fingerprint density at radius 3 is 2.00 bits per heavy atom. The topological polar surface area (TPSA) is 67.1 Å². The maximum atomic E-state index is 6.58. The molecule has 1 fully saturated rings. The third kappa shape index (κ3) is 5.05. The summed E-state index contributed by atoms with van der Waals surface area (Å²) in [5.74, 6) is 1.54. The molecule has 0 atom stereocenters. The van der Waals surface area contributed by atoms with Crippen molar-refractivity contribution < 1.29 is 0 Å². The Morgan fingerprint density at radius 1 is 0.828 bits per heavy atom. The molecule has 0 aliphatic heterocycles. The Balaban J connectivity index is 1.61. The third-order valence-electron chi connectivity index (χ3n) is 5.54. The SMILES string of the molecule is Nc1c(NC2CCCCC2)ncnc1N(Cc1ccccc1)Cc1ccccc1. The lowest BCUT2D eigenvalue weighted by Crippen LogP contribution is -2.27. The Kier molecular flexibility index (Phi) is 6.25. The lowest BCUT2D eigenvalue weighted by atomic mass is 9.95. The summed E-state index contributed by atoms with van der Waals surface area (Å²) in [6.45, 7) is 1.47. The fourth-order valence-corrected chi connectivity index (χ4v) is 4.01. The van der Waals surface area contributed by atoms with Gasteiger partial charge in [0.2, 0.25) is 0 Å². The molecule has 1 saturated carbocycles. The van der Waals surface area contributed by atoms with Crippen molar-refractivity contribution in [1.29, 1.82) is 0 Å². The van der Waals surface area contributed by atoms with Crippen molar-refractivity contribution in [3.63, 3.8) is 0 Å². The van der Waals surface area contributed by atoms with Crippen molar-refractivity contribution in [2.24, 2.45) is 0 Å². The van der Waals surface area contributed by atoms with Gasteiger partial charge in [-0.05, 0) is 24.0 Å². The van der Waals surface area contributed by atoms with Gasteiger partial charge in [-0.1, -0.05) is 79.9 Å². The fraction of sp³-hybridized carbons (Fsp3) is 0.333. The first-order valence-corrected chi connectivity index (χ1v) is 10.5. The normalized spacial score (nSPS) is 14.5. The third-order valence-corrected chi connectivity index (χ3v) is 5.54. The minimum Gasteiger partial charge on any atom is -0.393 e. The molecule has 5 nitrogen and oxygen atoms in total. The maximum absolute atomic E-state index is 6.58. The van der Waals surface area contributed by atoms with Crippen LogP contribution in [-0.4, -0.2) is 16.0 Å². The Hall–Kier alpha value is -3.08. The molecule has 3 N–H and O–H groups in total. The number of nitrogens with two attached hydrogens (primary N) is 1. The van der Waals surface area contributed by atoms with E-state index in [1.54, 1.807) is 6.33 Å². The van der Waals surface area contributed by atoms with Crippen LogP contribution < -0.4 is 16.0 Å². The Labute approximate surface area is 173 Å². The second-order valence-corrected chi connectivity index (χ2v) is 7.77. The maximum Gasteiger partial charge on any atom is 0.158 e. The number of aromatic nitrogens is 2. The van der Waals surface area contributed by atoms with E-state index in [9.17, 15) is 0 Å². The number of hydrogen-bond donors (Lipinski definition) is 2. The lowest BCUT2D eigenvalue weighted by molar-refractivity contribution is 0.462. The molecule has 2 aromatic carbocycles. The summed E-state index contributed by atoms with van der Waals surface area (Å²) in [6, 6.07) is 21.3. The van der Waals surface area contributed by atoms with Crippen molar-refractivity contribution in [1.82, 2.24) is 9.97 Å². The van der Waals surface area contributed by atoms with Gasteiger partial charge in [-0.15, -0.1) is 0 Å². The smallest absolute Gasteiger partial charge is 0.158 e. The molecule has 0 unspecified atom stereocenters. The molecular formula is C24H29N5. The molecule has 0 bridgehead atoms. The number of hydrogen-bond acceptors (Lipinski definition) is 5. The molecule has 1 aliphatic carbocycles. The van der Waals surface area contributed by atoms with E-state index in [2.05, 4.69) is 68.7 Å². The van der Waals surface area contributed by atoms with Crippen LogP contribution in [0.3, 0.4) is 0 Å². The van der Waals surface area contributed by atoms with Gasteiger partial charge < -0.3 is 16.0 Å². The van der Waals surface area contributed by atoms with Crippen molar-refractivity contribution >= 4 is 17.3 Å². The second-order valence-electron chi connectivity index (χ2n) is 7.77. The molecule has 0 radical (unpaired) electrons. The summed E-state index contributed by atoms with van der Waals surface area (Å²) in [6.07, 6.45) is 7.84. The predicted molar refractivity (Wildman–Crippen MR) is 120 cm³/mol. The highest BCUT2D eigenvalue weighted by Crippen LogP contribution is 2.31. The van der Waals surface area contributed by atoms with E-state index in [4.69, 9.17) is 5.73 Å². The van der Waals surface area contributed by atoms with E-state index in [0.29, 0.717) is 11.7 Å². The van der Waals surface area contributed by atoms with Crippen molar-refractivity contribution in [2.75, 3.05) is 16.0 Å². The van der Waals surface area contributed by atoms with Crippen LogP contribution in [0.2, 0.25) is 0 Å². The van der Waals surface area contributed by atoms with Gasteiger partial charge in [0.15, 0.2) is 11.6 Å². The molecule has 150 valence electrons. The Bertz CT molecular complexity index is 850. The molecule has 0 spiro atoms. The van der Waals surface area contributed by atoms with E-state index in [-0.39, 0.29) is 0 Å². The van der Waals surface area contributed by atoms with Gasteiger partial charge in [-0.25, -0.2) is 9.97 Å². The summed E-state index contributed by atoms with van der Waals surface area (Å²) >= 11 is 0. The zero-order valence-electron chi connectivity index (χ0n) is 16.8. The van der Waals surface area contributed by atoms with E-state index < -0.39 is 0 Å². The number of benzene rings is 2. The molecule has 1 heterocycles. The summed E-state index contributed by atoms with van der Waals surface area (Å²) in [5.41, 5.74) is 9.66. The molecule has 29 heavy (non-hydrogen) atoms. The number of nitrogens with zero attached hydrogens (tertiary/aromatic N) is 3. The zero-order valence-corrected chi connectivity index (χ0v) is 16.8. The minimum atomic E-state index is 0.450. The largest absolute Gasteiger partial charge is 0.393 e. The van der Waals surface area contributed by atoms with Crippen LogP contribution in [-0.2, 0) is 13.1 Å². The monoisotopic (exact) mass is 387 g/mol. The van der Waals surface area contributed by atoms with Gasteiger partial charge >= 0.3 is 0 Å². The summed E-state index contributed by atoms with van der Waals surface area (Å²) in [4.78, 5) is 11.3. The van der Waals surface area contributed by atoms with E-state index in [1.165, 1.54) is 43.2 Å². The second kappa shape index (κ2) is 9.41. The highest BCUT2D eigenvalue weighted by Gasteiger charge is 2.19. The molecule has 0 amide bonds. The summed E-state index contributed by atoms with van der Waals surface area (Å²) in [5, 5.41) is 3.57. The van der Waals surface area contributed by atoms with Crippen molar-refractivity contribution in [3.05, 3.63) is 78.1 Å². The van der Waals surface area contributed by atoms with Crippen LogP contribution in [0.4, 0.5) is 17.3 Å². The molecule has 3 aromatic rings. The van der Waals surface area contributed by atoms with Crippen LogP contribution in [0.15, 0.2) is 67.0 Å². The van der Waals surface area contributed by atoms with Crippen LogP contribution in [0.1, 0.15) is 43.2 Å². The van der Waals surface area contributed by atoms with Crippen LogP contribution in [0, 0.1) is 0 Å².